The molecule has 1 aliphatic rings. The number of oxazole rings is 1. The quantitative estimate of drug-likeness (QED) is 0.860. The standard InChI is InChI=1S/C17H29N3O2/c1-12-14(22-16(18-12)17(2,3)4)11-15(21)20(6)13-7-9-19(5)10-8-13/h13H,7-11H2,1-6H3. The topological polar surface area (TPSA) is 49.6 Å². The summed E-state index contributed by atoms with van der Waals surface area (Å²) in [5.41, 5.74) is 0.696. The Labute approximate surface area is 133 Å². The van der Waals surface area contributed by atoms with Gasteiger partial charge in [-0.15, -0.1) is 0 Å². The van der Waals surface area contributed by atoms with Crippen LogP contribution in [-0.2, 0) is 16.6 Å². The zero-order valence-electron chi connectivity index (χ0n) is 14.8. The van der Waals surface area contributed by atoms with Crippen molar-refractivity contribution in [1.82, 2.24) is 14.8 Å². The molecule has 1 aliphatic heterocycles. The maximum atomic E-state index is 12.5. The molecule has 5 nitrogen and oxygen atoms in total. The number of aromatic nitrogens is 1. The molecular weight excluding hydrogens is 278 g/mol. The number of hydrogen-bond donors (Lipinski definition) is 0. The molecule has 1 fully saturated rings. The van der Waals surface area contributed by atoms with E-state index in [-0.39, 0.29) is 11.3 Å². The summed E-state index contributed by atoms with van der Waals surface area (Å²) in [6, 6.07) is 0.342. The Morgan fingerprint density at radius 3 is 2.45 bits per heavy atom. The lowest BCUT2D eigenvalue weighted by atomic mass is 9.97. The minimum absolute atomic E-state index is 0.120. The molecule has 2 rings (SSSR count). The van der Waals surface area contributed by atoms with Crippen LogP contribution in [0.4, 0.5) is 0 Å². The second-order valence-electron chi connectivity index (χ2n) is 7.49. The fourth-order valence-corrected chi connectivity index (χ4v) is 2.76. The summed E-state index contributed by atoms with van der Waals surface area (Å²) in [5.74, 6) is 1.53. The Morgan fingerprint density at radius 1 is 1.36 bits per heavy atom. The van der Waals surface area contributed by atoms with Gasteiger partial charge in [-0.1, -0.05) is 20.8 Å². The molecule has 1 aromatic rings. The molecule has 5 heteroatoms. The van der Waals surface area contributed by atoms with Gasteiger partial charge in [-0.2, -0.15) is 0 Å². The Bertz CT molecular complexity index is 522. The van der Waals surface area contributed by atoms with Crippen molar-refractivity contribution in [2.75, 3.05) is 27.2 Å². The molecule has 0 saturated carbocycles. The second kappa shape index (κ2) is 6.41. The van der Waals surface area contributed by atoms with Crippen LogP contribution in [0, 0.1) is 6.92 Å². The number of carbonyl (C=O) groups excluding carboxylic acids is 1. The summed E-state index contributed by atoms with van der Waals surface area (Å²) in [4.78, 5) is 21.2. The highest BCUT2D eigenvalue weighted by Crippen LogP contribution is 2.24. The van der Waals surface area contributed by atoms with Crippen LogP contribution in [0.5, 0.6) is 0 Å². The molecule has 1 aromatic heterocycles. The van der Waals surface area contributed by atoms with Gasteiger partial charge in [0.25, 0.3) is 0 Å². The predicted molar refractivity (Wildman–Crippen MR) is 86.9 cm³/mol. The molecule has 1 saturated heterocycles. The number of rotatable bonds is 3. The molecule has 0 N–H and O–H groups in total. The van der Waals surface area contributed by atoms with E-state index in [2.05, 4.69) is 37.7 Å². The lowest BCUT2D eigenvalue weighted by Gasteiger charge is -2.35. The van der Waals surface area contributed by atoms with Crippen molar-refractivity contribution in [2.24, 2.45) is 0 Å². The van der Waals surface area contributed by atoms with E-state index >= 15 is 0 Å². The van der Waals surface area contributed by atoms with E-state index in [9.17, 15) is 4.79 Å². The average molecular weight is 307 g/mol. The number of hydrogen-bond acceptors (Lipinski definition) is 4. The van der Waals surface area contributed by atoms with Gasteiger partial charge in [0.2, 0.25) is 5.91 Å². The van der Waals surface area contributed by atoms with Crippen LogP contribution in [0.1, 0.15) is 51.0 Å². The highest BCUT2D eigenvalue weighted by Gasteiger charge is 2.27. The van der Waals surface area contributed by atoms with E-state index in [1.807, 2.05) is 18.9 Å². The van der Waals surface area contributed by atoms with E-state index in [1.165, 1.54) is 0 Å². The highest BCUT2D eigenvalue weighted by molar-refractivity contribution is 5.78. The number of nitrogens with zero attached hydrogens (tertiary/aromatic N) is 3. The molecule has 0 atom stereocenters. The summed E-state index contributed by atoms with van der Waals surface area (Å²) >= 11 is 0. The van der Waals surface area contributed by atoms with Gasteiger partial charge in [-0.3, -0.25) is 4.79 Å². The largest absolute Gasteiger partial charge is 0.444 e. The molecular formula is C17H29N3O2. The molecule has 0 radical (unpaired) electrons. The summed E-state index contributed by atoms with van der Waals surface area (Å²) in [7, 11) is 4.04. The third-order valence-electron chi connectivity index (χ3n) is 4.48. The van der Waals surface area contributed by atoms with Crippen molar-refractivity contribution in [3.63, 3.8) is 0 Å². The van der Waals surface area contributed by atoms with Gasteiger partial charge in [0.1, 0.15) is 5.76 Å². The molecule has 0 unspecified atom stereocenters. The first-order valence-corrected chi connectivity index (χ1v) is 8.09. The van der Waals surface area contributed by atoms with Crippen LogP contribution >= 0.6 is 0 Å². The molecule has 22 heavy (non-hydrogen) atoms. The van der Waals surface area contributed by atoms with Gasteiger partial charge in [0.15, 0.2) is 5.89 Å². The molecule has 0 aliphatic carbocycles. The molecule has 124 valence electrons. The van der Waals surface area contributed by atoms with Crippen LogP contribution in [0.15, 0.2) is 4.42 Å². The minimum atomic E-state index is -0.133. The van der Waals surface area contributed by atoms with Crippen molar-refractivity contribution in [3.8, 4) is 0 Å². The SMILES string of the molecule is Cc1nc(C(C)(C)C)oc1CC(=O)N(C)C1CCN(C)CC1. The normalized spacial score (nSPS) is 17.7. The van der Waals surface area contributed by atoms with Gasteiger partial charge >= 0.3 is 0 Å². The number of likely N-dealkylation sites (tertiary alicyclic amines) is 1. The van der Waals surface area contributed by atoms with Gasteiger partial charge in [0, 0.05) is 18.5 Å². The van der Waals surface area contributed by atoms with Gasteiger partial charge in [-0.05, 0) is 39.9 Å². The van der Waals surface area contributed by atoms with Gasteiger partial charge in [-0.25, -0.2) is 4.98 Å². The summed E-state index contributed by atoms with van der Waals surface area (Å²) in [6.45, 7) is 10.2. The van der Waals surface area contributed by atoms with Crippen molar-refractivity contribution in [3.05, 3.63) is 17.3 Å². The highest BCUT2D eigenvalue weighted by atomic mass is 16.4. The Hall–Kier alpha value is -1.36. The van der Waals surface area contributed by atoms with E-state index in [0.29, 0.717) is 24.1 Å². The average Bonchev–Trinajstić information content (AvgIpc) is 2.80. The molecule has 0 bridgehead atoms. The van der Waals surface area contributed by atoms with Crippen molar-refractivity contribution >= 4 is 5.91 Å². The molecule has 2 heterocycles. The van der Waals surface area contributed by atoms with Crippen LogP contribution < -0.4 is 0 Å². The third-order valence-corrected chi connectivity index (χ3v) is 4.48. The minimum Gasteiger partial charge on any atom is -0.444 e. The van der Waals surface area contributed by atoms with Crippen LogP contribution in [0.25, 0.3) is 0 Å². The van der Waals surface area contributed by atoms with E-state index < -0.39 is 0 Å². The maximum absolute atomic E-state index is 12.5. The van der Waals surface area contributed by atoms with E-state index in [4.69, 9.17) is 4.42 Å². The van der Waals surface area contributed by atoms with E-state index in [1.54, 1.807) is 0 Å². The summed E-state index contributed by atoms with van der Waals surface area (Å²) < 4.78 is 5.84. The van der Waals surface area contributed by atoms with Crippen molar-refractivity contribution in [2.45, 2.75) is 58.4 Å². The first-order chi connectivity index (χ1) is 10.2. The van der Waals surface area contributed by atoms with Crippen LogP contribution in [0.3, 0.4) is 0 Å². The van der Waals surface area contributed by atoms with Crippen LogP contribution in [-0.4, -0.2) is 53.9 Å². The zero-order chi connectivity index (χ0) is 16.5. The lowest BCUT2D eigenvalue weighted by molar-refractivity contribution is -0.132. The van der Waals surface area contributed by atoms with Crippen molar-refractivity contribution in [1.29, 1.82) is 0 Å². The zero-order valence-corrected chi connectivity index (χ0v) is 14.8. The Balaban J connectivity index is 2.01. The lowest BCUT2D eigenvalue weighted by Crippen LogP contribution is -2.45. The number of piperidine rings is 1. The fraction of sp³-hybridized carbons (Fsp3) is 0.765. The third kappa shape index (κ3) is 3.88. The maximum Gasteiger partial charge on any atom is 0.230 e. The van der Waals surface area contributed by atoms with E-state index in [0.717, 1.165) is 31.6 Å². The summed E-state index contributed by atoms with van der Waals surface area (Å²) in [5, 5.41) is 0. The molecule has 0 aromatic carbocycles. The Morgan fingerprint density at radius 2 is 1.95 bits per heavy atom. The Kier molecular flexibility index (Phi) is 4.95. The summed E-state index contributed by atoms with van der Waals surface area (Å²) in [6.07, 6.45) is 2.39. The number of likely N-dealkylation sites (N-methyl/N-ethyl adjacent to an activating group) is 1. The van der Waals surface area contributed by atoms with Crippen LogP contribution in [0.2, 0.25) is 0 Å². The van der Waals surface area contributed by atoms with Gasteiger partial charge in [0.05, 0.1) is 12.1 Å². The van der Waals surface area contributed by atoms with Crippen molar-refractivity contribution < 1.29 is 9.21 Å². The number of aryl methyl sites for hydroxylation is 1. The number of amides is 1. The first-order valence-electron chi connectivity index (χ1n) is 8.09. The number of carbonyl (C=O) groups is 1. The molecule has 1 amide bonds. The monoisotopic (exact) mass is 307 g/mol. The van der Waals surface area contributed by atoms with Gasteiger partial charge < -0.3 is 14.2 Å². The first kappa shape index (κ1) is 17.0. The second-order valence-corrected chi connectivity index (χ2v) is 7.49. The predicted octanol–water partition coefficient (Wildman–Crippen LogP) is 2.38. The molecule has 0 spiro atoms. The smallest absolute Gasteiger partial charge is 0.230 e. The fourth-order valence-electron chi connectivity index (χ4n) is 2.76.